The summed E-state index contributed by atoms with van der Waals surface area (Å²) in [6, 6.07) is 5.23. The van der Waals surface area contributed by atoms with Gasteiger partial charge in [0.25, 0.3) is 0 Å². The van der Waals surface area contributed by atoms with Crippen LogP contribution in [0.1, 0.15) is 25.5 Å². The molecule has 0 saturated carbocycles. The van der Waals surface area contributed by atoms with Crippen LogP contribution in [0.3, 0.4) is 0 Å². The number of hydrogen-bond donors (Lipinski definition) is 1. The van der Waals surface area contributed by atoms with Crippen molar-refractivity contribution in [1.82, 2.24) is 4.72 Å². The summed E-state index contributed by atoms with van der Waals surface area (Å²) in [6.45, 7) is 3.42. The van der Waals surface area contributed by atoms with Crippen molar-refractivity contribution in [2.75, 3.05) is 12.9 Å². The Morgan fingerprint density at radius 3 is 2.59 bits per heavy atom. The molecule has 1 aromatic rings. The summed E-state index contributed by atoms with van der Waals surface area (Å²) in [5.74, 6) is 0.800. The molecule has 0 heterocycles. The third kappa shape index (κ3) is 3.97. The minimum Gasteiger partial charge on any atom is -0.496 e. The van der Waals surface area contributed by atoms with E-state index < -0.39 is 10.0 Å². The molecular weight excluding hydrogens is 306 g/mol. The van der Waals surface area contributed by atoms with E-state index in [2.05, 4.69) is 20.7 Å². The van der Waals surface area contributed by atoms with E-state index in [1.165, 1.54) is 0 Å². The minimum atomic E-state index is -3.19. The second-order valence-electron chi connectivity index (χ2n) is 3.64. The Bertz CT molecular complexity index is 487. The van der Waals surface area contributed by atoms with Crippen molar-refractivity contribution in [3.8, 4) is 5.75 Å². The SMILES string of the molecule is CCS(=O)(=O)NC(C)c1ccc(OC)c(Br)c1. The molecule has 0 aliphatic rings. The number of ether oxygens (including phenoxy) is 1. The Morgan fingerprint density at radius 1 is 1.47 bits per heavy atom. The summed E-state index contributed by atoms with van der Waals surface area (Å²) in [6.07, 6.45) is 0. The monoisotopic (exact) mass is 321 g/mol. The molecule has 1 rings (SSSR count). The van der Waals surface area contributed by atoms with Crippen LogP contribution in [0.4, 0.5) is 0 Å². The average molecular weight is 322 g/mol. The van der Waals surface area contributed by atoms with Gasteiger partial charge < -0.3 is 4.74 Å². The molecule has 1 N–H and O–H groups in total. The number of rotatable bonds is 5. The Morgan fingerprint density at radius 2 is 2.12 bits per heavy atom. The molecule has 1 aromatic carbocycles. The number of methoxy groups -OCH3 is 1. The fraction of sp³-hybridized carbons (Fsp3) is 0.455. The van der Waals surface area contributed by atoms with E-state index in [0.717, 1.165) is 15.8 Å². The van der Waals surface area contributed by atoms with Gasteiger partial charge in [-0.3, -0.25) is 0 Å². The zero-order valence-electron chi connectivity index (χ0n) is 10.0. The van der Waals surface area contributed by atoms with Crippen LogP contribution in [0.5, 0.6) is 5.75 Å². The van der Waals surface area contributed by atoms with Gasteiger partial charge in [0.05, 0.1) is 17.3 Å². The van der Waals surface area contributed by atoms with Crippen LogP contribution in [0, 0.1) is 0 Å². The minimum absolute atomic E-state index is 0.0780. The van der Waals surface area contributed by atoms with E-state index in [1.807, 2.05) is 19.1 Å². The largest absolute Gasteiger partial charge is 0.496 e. The van der Waals surface area contributed by atoms with Gasteiger partial charge in [-0.05, 0) is 47.5 Å². The highest BCUT2D eigenvalue weighted by atomic mass is 79.9. The van der Waals surface area contributed by atoms with Gasteiger partial charge >= 0.3 is 0 Å². The Kier molecular flexibility index (Phi) is 4.97. The van der Waals surface area contributed by atoms with Gasteiger partial charge in [0, 0.05) is 6.04 Å². The fourth-order valence-electron chi connectivity index (χ4n) is 1.37. The van der Waals surface area contributed by atoms with Crippen LogP contribution >= 0.6 is 15.9 Å². The van der Waals surface area contributed by atoms with Gasteiger partial charge in [0.15, 0.2) is 0 Å². The van der Waals surface area contributed by atoms with Crippen molar-refractivity contribution < 1.29 is 13.2 Å². The van der Waals surface area contributed by atoms with Crippen molar-refractivity contribution in [1.29, 1.82) is 0 Å². The first kappa shape index (κ1) is 14.5. The Labute approximate surface area is 111 Å². The van der Waals surface area contributed by atoms with Gasteiger partial charge in [0.1, 0.15) is 5.75 Å². The summed E-state index contributed by atoms with van der Waals surface area (Å²) in [7, 11) is -1.61. The Hall–Kier alpha value is -0.590. The van der Waals surface area contributed by atoms with Crippen molar-refractivity contribution in [3.05, 3.63) is 28.2 Å². The lowest BCUT2D eigenvalue weighted by molar-refractivity contribution is 0.412. The van der Waals surface area contributed by atoms with Crippen molar-refractivity contribution in [2.24, 2.45) is 0 Å². The van der Waals surface area contributed by atoms with Crippen LogP contribution < -0.4 is 9.46 Å². The lowest BCUT2D eigenvalue weighted by atomic mass is 10.1. The molecule has 6 heteroatoms. The summed E-state index contributed by atoms with van der Waals surface area (Å²) in [4.78, 5) is 0. The van der Waals surface area contributed by atoms with E-state index in [1.54, 1.807) is 20.1 Å². The normalized spacial score (nSPS) is 13.4. The fourth-order valence-corrected chi connectivity index (χ4v) is 2.77. The standard InChI is InChI=1S/C11H16BrNO3S/c1-4-17(14,15)13-8(2)9-5-6-11(16-3)10(12)7-9/h5-8,13H,4H2,1-3H3. The highest BCUT2D eigenvalue weighted by Crippen LogP contribution is 2.28. The van der Waals surface area contributed by atoms with Gasteiger partial charge in [-0.25, -0.2) is 13.1 Å². The Balaban J connectivity index is 2.90. The smallest absolute Gasteiger partial charge is 0.211 e. The predicted octanol–water partition coefficient (Wildman–Crippen LogP) is 2.46. The molecule has 17 heavy (non-hydrogen) atoms. The van der Waals surface area contributed by atoms with E-state index in [9.17, 15) is 8.42 Å². The molecule has 0 saturated heterocycles. The zero-order valence-corrected chi connectivity index (χ0v) is 12.4. The maximum Gasteiger partial charge on any atom is 0.211 e. The summed E-state index contributed by atoms with van der Waals surface area (Å²) in [5.41, 5.74) is 0.884. The first-order valence-electron chi connectivity index (χ1n) is 5.23. The van der Waals surface area contributed by atoms with Crippen LogP contribution in [0.2, 0.25) is 0 Å². The second kappa shape index (κ2) is 5.84. The zero-order chi connectivity index (χ0) is 13.1. The average Bonchev–Trinajstić information content (AvgIpc) is 2.28. The molecule has 1 atom stereocenters. The molecule has 0 spiro atoms. The number of benzene rings is 1. The van der Waals surface area contributed by atoms with Crippen LogP contribution in [0.15, 0.2) is 22.7 Å². The van der Waals surface area contributed by atoms with Crippen LogP contribution in [0.25, 0.3) is 0 Å². The summed E-state index contributed by atoms with van der Waals surface area (Å²) < 4.78 is 31.4. The number of halogens is 1. The maximum absolute atomic E-state index is 11.4. The van der Waals surface area contributed by atoms with Gasteiger partial charge in [-0.2, -0.15) is 0 Å². The van der Waals surface area contributed by atoms with E-state index in [4.69, 9.17) is 4.74 Å². The van der Waals surface area contributed by atoms with Crippen molar-refractivity contribution in [2.45, 2.75) is 19.9 Å². The molecule has 0 aromatic heterocycles. The topological polar surface area (TPSA) is 55.4 Å². The molecule has 0 amide bonds. The highest BCUT2D eigenvalue weighted by Gasteiger charge is 2.14. The van der Waals surface area contributed by atoms with Crippen LogP contribution in [-0.2, 0) is 10.0 Å². The van der Waals surface area contributed by atoms with Gasteiger partial charge in [-0.1, -0.05) is 6.07 Å². The van der Waals surface area contributed by atoms with Gasteiger partial charge in [-0.15, -0.1) is 0 Å². The molecule has 1 unspecified atom stereocenters. The van der Waals surface area contributed by atoms with Crippen molar-refractivity contribution >= 4 is 26.0 Å². The first-order chi connectivity index (χ1) is 7.89. The molecule has 0 aliphatic carbocycles. The maximum atomic E-state index is 11.4. The number of sulfonamides is 1. The molecule has 0 fully saturated rings. The lowest BCUT2D eigenvalue weighted by Crippen LogP contribution is -2.28. The molecule has 96 valence electrons. The second-order valence-corrected chi connectivity index (χ2v) is 6.53. The predicted molar refractivity (Wildman–Crippen MR) is 71.7 cm³/mol. The summed E-state index contributed by atoms with van der Waals surface area (Å²) >= 11 is 3.37. The van der Waals surface area contributed by atoms with E-state index >= 15 is 0 Å². The van der Waals surface area contributed by atoms with Crippen molar-refractivity contribution in [3.63, 3.8) is 0 Å². The third-order valence-electron chi connectivity index (χ3n) is 2.41. The third-order valence-corrected chi connectivity index (χ3v) is 4.50. The molecule has 4 nitrogen and oxygen atoms in total. The molecular formula is C11H16BrNO3S. The molecule has 0 radical (unpaired) electrons. The van der Waals surface area contributed by atoms with E-state index in [-0.39, 0.29) is 11.8 Å². The number of nitrogens with one attached hydrogen (secondary N) is 1. The molecule has 0 aliphatic heterocycles. The lowest BCUT2D eigenvalue weighted by Gasteiger charge is -2.15. The summed E-state index contributed by atoms with van der Waals surface area (Å²) in [5, 5.41) is 0. The van der Waals surface area contributed by atoms with Crippen LogP contribution in [-0.4, -0.2) is 21.3 Å². The molecule has 0 bridgehead atoms. The van der Waals surface area contributed by atoms with E-state index in [0.29, 0.717) is 0 Å². The highest BCUT2D eigenvalue weighted by molar-refractivity contribution is 9.10. The number of hydrogen-bond acceptors (Lipinski definition) is 3. The van der Waals surface area contributed by atoms with Gasteiger partial charge in [0.2, 0.25) is 10.0 Å². The first-order valence-corrected chi connectivity index (χ1v) is 7.67. The quantitative estimate of drug-likeness (QED) is 0.906.